The van der Waals surface area contributed by atoms with Crippen LogP contribution in [0.15, 0.2) is 12.3 Å². The lowest BCUT2D eigenvalue weighted by Gasteiger charge is -2.20. The molecule has 0 aliphatic heterocycles. The number of hydrogen-bond acceptors (Lipinski definition) is 6. The molecule has 1 aromatic heterocycles. The van der Waals surface area contributed by atoms with E-state index in [4.69, 9.17) is 14.2 Å². The molecule has 0 saturated heterocycles. The maximum absolute atomic E-state index is 11.9. The Kier molecular flexibility index (Phi) is 7.44. The number of carbonyl (C=O) groups excluding carboxylic acids is 2. The van der Waals surface area contributed by atoms with Gasteiger partial charge in [-0.05, 0) is 27.7 Å². The summed E-state index contributed by atoms with van der Waals surface area (Å²) in [6.45, 7) is 7.84. The first-order valence-corrected chi connectivity index (χ1v) is 7.66. The van der Waals surface area contributed by atoms with E-state index in [1.54, 1.807) is 20.8 Å². The van der Waals surface area contributed by atoms with Gasteiger partial charge in [0.15, 0.2) is 5.75 Å². The van der Waals surface area contributed by atoms with Crippen molar-refractivity contribution in [2.24, 2.45) is 0 Å². The van der Waals surface area contributed by atoms with Gasteiger partial charge in [-0.3, -0.25) is 10.1 Å². The second-order valence-electron chi connectivity index (χ2n) is 5.92. The van der Waals surface area contributed by atoms with Gasteiger partial charge in [-0.15, -0.1) is 0 Å². The molecule has 0 spiro atoms. The Hall–Kier alpha value is -2.35. The standard InChI is InChI=1S/C16H25N3O5/c1-6-23-12-10-17-13(19-14(20)7-8-22-5)9-11(12)18-15(21)24-16(2,3)4/h9-10H,6-8H2,1-5H3,(H2,17,18,19,20,21). The fraction of sp³-hybridized carbons (Fsp3) is 0.562. The highest BCUT2D eigenvalue weighted by Gasteiger charge is 2.18. The van der Waals surface area contributed by atoms with Crippen LogP contribution in [0.1, 0.15) is 34.1 Å². The van der Waals surface area contributed by atoms with Gasteiger partial charge < -0.3 is 19.5 Å². The Balaban J connectivity index is 2.87. The molecule has 0 aliphatic carbocycles. The van der Waals surface area contributed by atoms with Crippen LogP contribution in [0.2, 0.25) is 0 Å². The van der Waals surface area contributed by atoms with Gasteiger partial charge >= 0.3 is 6.09 Å². The third-order valence-corrected chi connectivity index (χ3v) is 2.60. The Morgan fingerprint density at radius 1 is 1.25 bits per heavy atom. The van der Waals surface area contributed by atoms with Crippen molar-refractivity contribution < 1.29 is 23.8 Å². The predicted molar refractivity (Wildman–Crippen MR) is 90.4 cm³/mol. The van der Waals surface area contributed by atoms with Crippen molar-refractivity contribution >= 4 is 23.5 Å². The summed E-state index contributed by atoms with van der Waals surface area (Å²) in [5.41, 5.74) is -0.261. The van der Waals surface area contributed by atoms with E-state index in [9.17, 15) is 9.59 Å². The van der Waals surface area contributed by atoms with Crippen LogP contribution in [0.25, 0.3) is 0 Å². The number of aromatic nitrogens is 1. The highest BCUT2D eigenvalue weighted by molar-refractivity contribution is 5.92. The molecule has 1 rings (SSSR count). The summed E-state index contributed by atoms with van der Waals surface area (Å²) in [7, 11) is 1.52. The molecule has 8 nitrogen and oxygen atoms in total. The molecule has 134 valence electrons. The Morgan fingerprint density at radius 3 is 2.54 bits per heavy atom. The van der Waals surface area contributed by atoms with Crippen molar-refractivity contribution in [1.82, 2.24) is 4.98 Å². The lowest BCUT2D eigenvalue weighted by molar-refractivity contribution is -0.117. The normalized spacial score (nSPS) is 10.9. The van der Waals surface area contributed by atoms with E-state index in [0.29, 0.717) is 30.5 Å². The van der Waals surface area contributed by atoms with E-state index in [2.05, 4.69) is 15.6 Å². The molecule has 1 aromatic rings. The van der Waals surface area contributed by atoms with E-state index >= 15 is 0 Å². The van der Waals surface area contributed by atoms with Crippen molar-refractivity contribution in [3.8, 4) is 5.75 Å². The van der Waals surface area contributed by atoms with Crippen molar-refractivity contribution in [2.75, 3.05) is 31.0 Å². The first kappa shape index (κ1) is 19.7. The van der Waals surface area contributed by atoms with Crippen LogP contribution >= 0.6 is 0 Å². The van der Waals surface area contributed by atoms with Gasteiger partial charge in [-0.1, -0.05) is 0 Å². The van der Waals surface area contributed by atoms with Gasteiger partial charge in [-0.2, -0.15) is 0 Å². The minimum atomic E-state index is -0.625. The Labute approximate surface area is 141 Å². The molecule has 0 radical (unpaired) electrons. The van der Waals surface area contributed by atoms with Crippen LogP contribution in [-0.4, -0.2) is 42.9 Å². The third kappa shape index (κ3) is 7.28. The van der Waals surface area contributed by atoms with Gasteiger partial charge in [-0.25, -0.2) is 9.78 Å². The van der Waals surface area contributed by atoms with Crippen LogP contribution in [0.5, 0.6) is 5.75 Å². The highest BCUT2D eigenvalue weighted by atomic mass is 16.6. The summed E-state index contributed by atoms with van der Waals surface area (Å²) in [4.78, 5) is 27.8. The van der Waals surface area contributed by atoms with Crippen LogP contribution in [0.4, 0.5) is 16.3 Å². The van der Waals surface area contributed by atoms with Crippen molar-refractivity contribution in [1.29, 1.82) is 0 Å². The Bertz CT molecular complexity index is 569. The molecule has 0 fully saturated rings. The molecule has 8 heteroatoms. The summed E-state index contributed by atoms with van der Waals surface area (Å²) in [6.07, 6.45) is 1.02. The quantitative estimate of drug-likeness (QED) is 0.792. The average molecular weight is 339 g/mol. The molecule has 24 heavy (non-hydrogen) atoms. The monoisotopic (exact) mass is 339 g/mol. The maximum atomic E-state index is 11.9. The van der Waals surface area contributed by atoms with E-state index in [1.165, 1.54) is 19.4 Å². The highest BCUT2D eigenvalue weighted by Crippen LogP contribution is 2.27. The summed E-state index contributed by atoms with van der Waals surface area (Å²) < 4.78 is 15.5. The summed E-state index contributed by atoms with van der Waals surface area (Å²) in [6, 6.07) is 1.51. The minimum absolute atomic E-state index is 0.209. The number of nitrogens with one attached hydrogen (secondary N) is 2. The first-order chi connectivity index (χ1) is 11.2. The van der Waals surface area contributed by atoms with Crippen molar-refractivity contribution in [3.63, 3.8) is 0 Å². The van der Waals surface area contributed by atoms with Crippen molar-refractivity contribution in [2.45, 2.75) is 39.7 Å². The van der Waals surface area contributed by atoms with Gasteiger partial charge in [0.25, 0.3) is 0 Å². The number of anilines is 2. The largest absolute Gasteiger partial charge is 0.490 e. The van der Waals surface area contributed by atoms with Gasteiger partial charge in [0.2, 0.25) is 5.91 Å². The average Bonchev–Trinajstić information content (AvgIpc) is 2.46. The van der Waals surface area contributed by atoms with Gasteiger partial charge in [0, 0.05) is 13.2 Å². The zero-order valence-electron chi connectivity index (χ0n) is 14.8. The smallest absolute Gasteiger partial charge is 0.412 e. The van der Waals surface area contributed by atoms with Crippen LogP contribution in [-0.2, 0) is 14.3 Å². The molecule has 0 saturated carbocycles. The molecule has 0 unspecified atom stereocenters. The first-order valence-electron chi connectivity index (χ1n) is 7.66. The van der Waals surface area contributed by atoms with Crippen LogP contribution in [0.3, 0.4) is 0 Å². The third-order valence-electron chi connectivity index (χ3n) is 2.60. The van der Waals surface area contributed by atoms with Crippen LogP contribution in [0, 0.1) is 0 Å². The molecule has 0 atom stereocenters. The molecular weight excluding hydrogens is 314 g/mol. The number of ether oxygens (including phenoxy) is 3. The molecule has 1 heterocycles. The molecule has 0 aliphatic rings. The predicted octanol–water partition coefficient (Wildman–Crippen LogP) is 2.80. The summed E-state index contributed by atoms with van der Waals surface area (Å²) in [5, 5.41) is 5.24. The number of amides is 2. The van der Waals surface area contributed by atoms with Gasteiger partial charge in [0.1, 0.15) is 11.4 Å². The number of methoxy groups -OCH3 is 1. The number of nitrogens with zero attached hydrogens (tertiary/aromatic N) is 1. The lowest BCUT2D eigenvalue weighted by atomic mass is 10.2. The summed E-state index contributed by atoms with van der Waals surface area (Å²) >= 11 is 0. The fourth-order valence-corrected chi connectivity index (χ4v) is 1.69. The molecule has 2 amide bonds. The molecular formula is C16H25N3O5. The number of pyridine rings is 1. The topological polar surface area (TPSA) is 98.8 Å². The van der Waals surface area contributed by atoms with E-state index in [0.717, 1.165) is 0 Å². The van der Waals surface area contributed by atoms with Crippen molar-refractivity contribution in [3.05, 3.63) is 12.3 Å². The van der Waals surface area contributed by atoms with E-state index < -0.39 is 11.7 Å². The second-order valence-corrected chi connectivity index (χ2v) is 5.92. The molecule has 2 N–H and O–H groups in total. The molecule has 0 aromatic carbocycles. The Morgan fingerprint density at radius 2 is 1.96 bits per heavy atom. The summed E-state index contributed by atoms with van der Waals surface area (Å²) in [5.74, 6) is 0.445. The molecule has 0 bridgehead atoms. The fourth-order valence-electron chi connectivity index (χ4n) is 1.69. The van der Waals surface area contributed by atoms with Crippen LogP contribution < -0.4 is 15.4 Å². The maximum Gasteiger partial charge on any atom is 0.412 e. The lowest BCUT2D eigenvalue weighted by Crippen LogP contribution is -2.27. The number of rotatable bonds is 7. The van der Waals surface area contributed by atoms with E-state index in [1.807, 2.05) is 6.92 Å². The zero-order chi connectivity index (χ0) is 18.2. The number of hydrogen-bond donors (Lipinski definition) is 2. The second kappa shape index (κ2) is 9.07. The minimum Gasteiger partial charge on any atom is -0.490 e. The number of carbonyl (C=O) groups is 2. The van der Waals surface area contributed by atoms with E-state index in [-0.39, 0.29) is 12.3 Å². The van der Waals surface area contributed by atoms with Gasteiger partial charge in [0.05, 0.1) is 31.5 Å². The zero-order valence-corrected chi connectivity index (χ0v) is 14.8. The SMILES string of the molecule is CCOc1cnc(NC(=O)CCOC)cc1NC(=O)OC(C)(C)C.